The van der Waals surface area contributed by atoms with E-state index in [1.807, 2.05) is 30.3 Å². The Balaban J connectivity index is 1.33. The molecule has 1 aromatic heterocycles. The number of rotatable bonds is 4. The molecule has 2 N–H and O–H groups in total. The topological polar surface area (TPSA) is 67.0 Å². The number of fused-ring (bicyclic) bond motifs is 2. The Morgan fingerprint density at radius 3 is 3.12 bits per heavy atom. The van der Waals surface area contributed by atoms with Gasteiger partial charge in [0.2, 0.25) is 5.91 Å². The Hall–Kier alpha value is -2.82. The molecule has 1 aliphatic heterocycles. The number of hydrogen-bond donors (Lipinski definition) is 2. The molecule has 1 atom stereocenters. The molecule has 128 valence electrons. The van der Waals surface area contributed by atoms with E-state index in [-0.39, 0.29) is 11.8 Å². The number of H-pyrrole nitrogens is 1. The van der Waals surface area contributed by atoms with Gasteiger partial charge in [0.1, 0.15) is 18.2 Å². The molecule has 2 aromatic carbocycles. The summed E-state index contributed by atoms with van der Waals surface area (Å²) in [7, 11) is 0. The van der Waals surface area contributed by atoms with Gasteiger partial charge in [-0.1, -0.05) is 24.3 Å². The van der Waals surface area contributed by atoms with Crippen LogP contribution in [-0.2, 0) is 17.6 Å². The standard InChI is InChI=1S/C20H21N3O2/c1-13-6-7-16-17(10-13)23-19(22-16)8-9-21-20(24)15-11-14-4-2-3-5-18(14)25-12-15/h2-7,10,15H,8-9,11-12H2,1H3,(H,21,24)(H,22,23)/t15-/m0/s1. The van der Waals surface area contributed by atoms with Gasteiger partial charge in [-0.2, -0.15) is 0 Å². The second kappa shape index (κ2) is 6.59. The number of ether oxygens (including phenoxy) is 1. The molecule has 0 saturated heterocycles. The number of para-hydroxylation sites is 1. The second-order valence-corrected chi connectivity index (χ2v) is 6.56. The lowest BCUT2D eigenvalue weighted by atomic mass is 9.96. The van der Waals surface area contributed by atoms with E-state index in [0.717, 1.165) is 34.6 Å². The number of aromatic amines is 1. The third kappa shape index (κ3) is 3.36. The summed E-state index contributed by atoms with van der Waals surface area (Å²) in [6.45, 7) is 3.06. The first-order valence-electron chi connectivity index (χ1n) is 8.63. The molecule has 0 fully saturated rings. The van der Waals surface area contributed by atoms with Crippen molar-refractivity contribution in [3.8, 4) is 5.75 Å². The number of nitrogens with one attached hydrogen (secondary N) is 2. The Labute approximate surface area is 146 Å². The van der Waals surface area contributed by atoms with Crippen molar-refractivity contribution in [1.82, 2.24) is 15.3 Å². The van der Waals surface area contributed by atoms with Gasteiger partial charge in [-0.3, -0.25) is 4.79 Å². The molecule has 3 aromatic rings. The van der Waals surface area contributed by atoms with E-state index < -0.39 is 0 Å². The second-order valence-electron chi connectivity index (χ2n) is 6.56. The smallest absolute Gasteiger partial charge is 0.226 e. The highest BCUT2D eigenvalue weighted by atomic mass is 16.5. The van der Waals surface area contributed by atoms with Crippen LogP contribution in [0.25, 0.3) is 11.0 Å². The minimum Gasteiger partial charge on any atom is -0.492 e. The fraction of sp³-hybridized carbons (Fsp3) is 0.300. The lowest BCUT2D eigenvalue weighted by molar-refractivity contribution is -0.126. The minimum atomic E-state index is -0.131. The summed E-state index contributed by atoms with van der Waals surface area (Å²) in [5.74, 6) is 1.70. The lowest BCUT2D eigenvalue weighted by Crippen LogP contribution is -2.38. The van der Waals surface area contributed by atoms with Gasteiger partial charge in [-0.05, 0) is 42.7 Å². The number of nitrogens with zero attached hydrogens (tertiary/aromatic N) is 1. The Morgan fingerprint density at radius 2 is 2.20 bits per heavy atom. The average molecular weight is 335 g/mol. The molecule has 0 radical (unpaired) electrons. The number of aromatic nitrogens is 2. The van der Waals surface area contributed by atoms with Crippen LogP contribution in [0, 0.1) is 12.8 Å². The maximum Gasteiger partial charge on any atom is 0.226 e. The summed E-state index contributed by atoms with van der Waals surface area (Å²) in [6, 6.07) is 14.1. The summed E-state index contributed by atoms with van der Waals surface area (Å²) in [5.41, 5.74) is 4.30. The van der Waals surface area contributed by atoms with Crippen LogP contribution in [0.3, 0.4) is 0 Å². The van der Waals surface area contributed by atoms with Gasteiger partial charge < -0.3 is 15.0 Å². The molecule has 5 nitrogen and oxygen atoms in total. The van der Waals surface area contributed by atoms with Gasteiger partial charge in [0, 0.05) is 13.0 Å². The summed E-state index contributed by atoms with van der Waals surface area (Å²) in [5, 5.41) is 3.01. The monoisotopic (exact) mass is 335 g/mol. The zero-order chi connectivity index (χ0) is 17.2. The van der Waals surface area contributed by atoms with E-state index in [1.165, 1.54) is 5.56 Å². The van der Waals surface area contributed by atoms with Crippen molar-refractivity contribution in [2.45, 2.75) is 19.8 Å². The van der Waals surface area contributed by atoms with Crippen molar-refractivity contribution in [3.05, 3.63) is 59.4 Å². The van der Waals surface area contributed by atoms with E-state index in [2.05, 4.69) is 34.3 Å². The van der Waals surface area contributed by atoms with Crippen LogP contribution < -0.4 is 10.1 Å². The maximum atomic E-state index is 12.4. The largest absolute Gasteiger partial charge is 0.492 e. The quantitative estimate of drug-likeness (QED) is 0.770. The van der Waals surface area contributed by atoms with Crippen LogP contribution >= 0.6 is 0 Å². The maximum absolute atomic E-state index is 12.4. The molecular weight excluding hydrogens is 314 g/mol. The lowest BCUT2D eigenvalue weighted by Gasteiger charge is -2.24. The number of carbonyl (C=O) groups excluding carboxylic acids is 1. The van der Waals surface area contributed by atoms with Gasteiger partial charge in [-0.25, -0.2) is 4.98 Å². The number of aryl methyl sites for hydroxylation is 1. The highest BCUT2D eigenvalue weighted by Crippen LogP contribution is 2.26. The van der Waals surface area contributed by atoms with Crippen LogP contribution in [0.1, 0.15) is 17.0 Å². The normalized spacial score (nSPS) is 16.3. The molecule has 1 aliphatic rings. The molecule has 1 amide bonds. The summed E-state index contributed by atoms with van der Waals surface area (Å²) < 4.78 is 5.69. The molecule has 0 unspecified atom stereocenters. The highest BCUT2D eigenvalue weighted by Gasteiger charge is 2.25. The van der Waals surface area contributed by atoms with Crippen molar-refractivity contribution >= 4 is 16.9 Å². The molecule has 4 rings (SSSR count). The van der Waals surface area contributed by atoms with Gasteiger partial charge in [0.25, 0.3) is 0 Å². The van der Waals surface area contributed by atoms with Crippen LogP contribution in [0.4, 0.5) is 0 Å². The van der Waals surface area contributed by atoms with Crippen LogP contribution in [0.2, 0.25) is 0 Å². The Kier molecular flexibility index (Phi) is 4.14. The fourth-order valence-electron chi connectivity index (χ4n) is 3.24. The SMILES string of the molecule is Cc1ccc2nc(CCNC(=O)[C@@H]3COc4ccccc4C3)[nH]c2c1. The molecule has 0 spiro atoms. The van der Waals surface area contributed by atoms with E-state index in [4.69, 9.17) is 4.74 Å². The summed E-state index contributed by atoms with van der Waals surface area (Å²) in [6.07, 6.45) is 1.41. The van der Waals surface area contributed by atoms with E-state index >= 15 is 0 Å². The van der Waals surface area contributed by atoms with Crippen LogP contribution in [0.5, 0.6) is 5.75 Å². The van der Waals surface area contributed by atoms with Gasteiger partial charge in [0.15, 0.2) is 0 Å². The van der Waals surface area contributed by atoms with Crippen molar-refractivity contribution in [2.24, 2.45) is 5.92 Å². The van der Waals surface area contributed by atoms with Crippen molar-refractivity contribution < 1.29 is 9.53 Å². The molecular formula is C20H21N3O2. The van der Waals surface area contributed by atoms with Gasteiger partial charge in [-0.15, -0.1) is 0 Å². The van der Waals surface area contributed by atoms with Crippen molar-refractivity contribution in [2.75, 3.05) is 13.2 Å². The molecule has 0 bridgehead atoms. The summed E-state index contributed by atoms with van der Waals surface area (Å²) >= 11 is 0. The fourth-order valence-corrected chi connectivity index (χ4v) is 3.24. The van der Waals surface area contributed by atoms with E-state index in [0.29, 0.717) is 19.6 Å². The van der Waals surface area contributed by atoms with Gasteiger partial charge >= 0.3 is 0 Å². The van der Waals surface area contributed by atoms with Crippen molar-refractivity contribution in [3.63, 3.8) is 0 Å². The first kappa shape index (κ1) is 15.7. The highest BCUT2D eigenvalue weighted by molar-refractivity contribution is 5.79. The number of carbonyl (C=O) groups is 1. The van der Waals surface area contributed by atoms with E-state index in [1.54, 1.807) is 0 Å². The van der Waals surface area contributed by atoms with E-state index in [9.17, 15) is 4.79 Å². The average Bonchev–Trinajstić information content (AvgIpc) is 3.03. The Morgan fingerprint density at radius 1 is 1.32 bits per heavy atom. The predicted octanol–water partition coefficient (Wildman–Crippen LogP) is 2.78. The number of hydrogen-bond acceptors (Lipinski definition) is 3. The third-order valence-corrected chi connectivity index (χ3v) is 4.60. The molecule has 25 heavy (non-hydrogen) atoms. The first-order chi connectivity index (χ1) is 12.2. The zero-order valence-corrected chi connectivity index (χ0v) is 14.2. The molecule has 0 saturated carbocycles. The first-order valence-corrected chi connectivity index (χ1v) is 8.63. The van der Waals surface area contributed by atoms with Crippen LogP contribution in [0.15, 0.2) is 42.5 Å². The molecule has 0 aliphatic carbocycles. The Bertz CT molecular complexity index is 916. The van der Waals surface area contributed by atoms with Gasteiger partial charge in [0.05, 0.1) is 17.0 Å². The zero-order valence-electron chi connectivity index (χ0n) is 14.2. The molecule has 2 heterocycles. The van der Waals surface area contributed by atoms with Crippen molar-refractivity contribution in [1.29, 1.82) is 0 Å². The number of benzene rings is 2. The van der Waals surface area contributed by atoms with Crippen LogP contribution in [-0.4, -0.2) is 29.0 Å². The third-order valence-electron chi connectivity index (χ3n) is 4.60. The summed E-state index contributed by atoms with van der Waals surface area (Å²) in [4.78, 5) is 20.3. The number of amides is 1. The predicted molar refractivity (Wildman–Crippen MR) is 96.7 cm³/mol. The minimum absolute atomic E-state index is 0.0430. The molecule has 5 heteroatoms. The number of imidazole rings is 1.